The molecule has 0 spiro atoms. The Morgan fingerprint density at radius 3 is 1.34 bits per heavy atom. The predicted molar refractivity (Wildman–Crippen MR) is 160 cm³/mol. The summed E-state index contributed by atoms with van der Waals surface area (Å²) >= 11 is -0.975. The van der Waals surface area contributed by atoms with Crippen molar-refractivity contribution < 1.29 is 90.3 Å². The van der Waals surface area contributed by atoms with E-state index in [4.69, 9.17) is 23.2 Å². The first kappa shape index (κ1) is 47.6. The van der Waals surface area contributed by atoms with E-state index in [0.29, 0.717) is 11.8 Å². The van der Waals surface area contributed by atoms with Gasteiger partial charge in [-0.3, -0.25) is 0 Å². The Labute approximate surface area is 290 Å². The van der Waals surface area contributed by atoms with Crippen molar-refractivity contribution in [3.63, 3.8) is 0 Å². The van der Waals surface area contributed by atoms with Crippen LogP contribution in [0.3, 0.4) is 0 Å². The van der Waals surface area contributed by atoms with E-state index in [9.17, 15) is 52.7 Å². The maximum absolute atomic E-state index is 11.4. The van der Waals surface area contributed by atoms with Gasteiger partial charge < -0.3 is 14.9 Å². The normalized spacial score (nSPS) is 14.1. The molecule has 5 nitrogen and oxygen atoms in total. The predicted octanol–water partition coefficient (Wildman–Crippen LogP) is 10.2. The summed E-state index contributed by atoms with van der Waals surface area (Å²) in [5.74, 6) is 1.93. The monoisotopic (exact) mass is 915 g/mol. The van der Waals surface area contributed by atoms with E-state index in [1.165, 1.54) is 29.7 Å². The Morgan fingerprint density at radius 1 is 0.680 bits per heavy atom. The van der Waals surface area contributed by atoms with Gasteiger partial charge in [-0.15, -0.1) is 0 Å². The molecule has 0 atom stereocenters. The molecule has 0 saturated carbocycles. The van der Waals surface area contributed by atoms with Gasteiger partial charge in [0.25, 0.3) is 11.2 Å². The van der Waals surface area contributed by atoms with Gasteiger partial charge >= 0.3 is 172 Å². The SMILES string of the molecule is C1CCOC1.CC(O)(C(F)(F)F)C(F)(F)F.CC(O)(C(F)(F)F)C(F)(F)F.COc1ccccc1[CH]=[W]=[N]c1c(C(C)C)cccc1C(C)C. The van der Waals surface area contributed by atoms with Crippen LogP contribution in [0.25, 0.3) is 0 Å². The fourth-order valence-corrected chi connectivity index (χ4v) is 5.78. The van der Waals surface area contributed by atoms with Crippen LogP contribution >= 0.6 is 0 Å². The van der Waals surface area contributed by atoms with Crippen LogP contribution in [0.15, 0.2) is 46.0 Å². The standard InChI is InChI=1S/C12H17N.C8H8O.2C4H4F6O.C4H8O.W/c1-8(2)10-6-5-7-11(9(3)4)12(10)13;1-7-5-3-4-6-8(7)9-2;2*1-2(11,3(5,6)7)4(8,9)10;1-2-4-5-3-1;/h5-9H,1-4H3;1,3-6H,2H3;2*11H,1H3;1-4H2;. The number of hydrogen-bond acceptors (Lipinski definition) is 5. The minimum atomic E-state index is -5.69. The molecule has 288 valence electrons. The number of benzene rings is 2. The number of methoxy groups -OCH3 is 1. The van der Waals surface area contributed by atoms with E-state index in [-0.39, 0.29) is 13.8 Å². The van der Waals surface area contributed by atoms with E-state index in [1.807, 2.05) is 12.1 Å². The van der Waals surface area contributed by atoms with Crippen molar-refractivity contribution in [1.82, 2.24) is 0 Å². The molecule has 1 aliphatic rings. The summed E-state index contributed by atoms with van der Waals surface area (Å²) < 4.78 is 154. The number of alkyl halides is 12. The zero-order chi connectivity index (χ0) is 39.4. The fraction of sp³-hybridized carbons (Fsp3) is 0.594. The molecule has 50 heavy (non-hydrogen) atoms. The molecule has 2 N–H and O–H groups in total. The van der Waals surface area contributed by atoms with Crippen LogP contribution in [0.4, 0.5) is 58.4 Å². The van der Waals surface area contributed by atoms with Crippen LogP contribution in [0.2, 0.25) is 0 Å². The summed E-state index contributed by atoms with van der Waals surface area (Å²) in [6.45, 7) is 10.3. The second-order valence-electron chi connectivity index (χ2n) is 11.6. The Morgan fingerprint density at radius 2 is 1.06 bits per heavy atom. The van der Waals surface area contributed by atoms with Gasteiger partial charge in [0.1, 0.15) is 0 Å². The molecule has 1 fully saturated rings. The van der Waals surface area contributed by atoms with Crippen LogP contribution in [0.5, 0.6) is 5.75 Å². The van der Waals surface area contributed by atoms with Crippen LogP contribution < -0.4 is 4.74 Å². The maximum atomic E-state index is 11.4. The molecule has 0 unspecified atom stereocenters. The Hall–Kier alpha value is -2.36. The molecule has 0 aromatic heterocycles. The quantitative estimate of drug-likeness (QED) is 0.293. The van der Waals surface area contributed by atoms with Crippen molar-refractivity contribution in [1.29, 1.82) is 0 Å². The van der Waals surface area contributed by atoms with Gasteiger partial charge in [0.05, 0.1) is 0 Å². The van der Waals surface area contributed by atoms with Gasteiger partial charge in [-0.25, -0.2) is 0 Å². The average molecular weight is 915 g/mol. The van der Waals surface area contributed by atoms with Crippen molar-refractivity contribution in [3.8, 4) is 5.75 Å². The molecule has 18 heteroatoms. The Bertz CT molecular complexity index is 1270. The number of para-hydroxylation sites is 1. The summed E-state index contributed by atoms with van der Waals surface area (Å²) in [4.78, 5) is 0. The van der Waals surface area contributed by atoms with E-state index >= 15 is 0 Å². The van der Waals surface area contributed by atoms with E-state index in [2.05, 4.69) is 62.4 Å². The number of halogens is 12. The second-order valence-corrected chi connectivity index (χ2v) is 13.9. The second kappa shape index (κ2) is 19.5. The number of nitrogens with zero attached hydrogens (tertiary/aromatic N) is 1. The molecule has 1 saturated heterocycles. The third kappa shape index (κ3) is 14.3. The van der Waals surface area contributed by atoms with Crippen molar-refractivity contribution in [2.45, 2.75) is 102 Å². The summed E-state index contributed by atoms with van der Waals surface area (Å²) in [6, 6.07) is 14.8. The van der Waals surface area contributed by atoms with Crippen molar-refractivity contribution in [2.24, 2.45) is 3.50 Å². The zero-order valence-electron chi connectivity index (χ0n) is 28.2. The van der Waals surface area contributed by atoms with Crippen LogP contribution in [-0.4, -0.2) is 70.8 Å². The van der Waals surface area contributed by atoms with Gasteiger partial charge in [0.2, 0.25) is 0 Å². The van der Waals surface area contributed by atoms with Gasteiger partial charge in [-0.05, 0) is 26.7 Å². The molecule has 2 aromatic carbocycles. The van der Waals surface area contributed by atoms with Crippen molar-refractivity contribution in [3.05, 3.63) is 59.2 Å². The Kier molecular flexibility index (Phi) is 18.5. The summed E-state index contributed by atoms with van der Waals surface area (Å²) in [5, 5.41) is 15.9. The molecule has 3 rings (SSSR count). The number of aliphatic hydroxyl groups is 2. The average Bonchev–Trinajstić information content (AvgIpc) is 3.56. The first-order valence-electron chi connectivity index (χ1n) is 14.8. The van der Waals surface area contributed by atoms with E-state index in [1.54, 1.807) is 7.11 Å². The van der Waals surface area contributed by atoms with Gasteiger partial charge in [-0.1, -0.05) is 0 Å². The third-order valence-electron chi connectivity index (χ3n) is 6.84. The van der Waals surface area contributed by atoms with E-state index < -0.39 is 53.8 Å². The van der Waals surface area contributed by atoms with Gasteiger partial charge in [0.15, 0.2) is 0 Å². The number of ether oxygens (including phenoxy) is 2. The van der Waals surface area contributed by atoms with Gasteiger partial charge in [0, 0.05) is 13.2 Å². The molecule has 0 aliphatic carbocycles. The fourth-order valence-electron chi connectivity index (χ4n) is 3.35. The van der Waals surface area contributed by atoms with Crippen LogP contribution in [0.1, 0.15) is 82.9 Å². The molecular weight excluding hydrogens is 874 g/mol. The molecule has 1 heterocycles. The molecule has 1 aliphatic heterocycles. The minimum absolute atomic E-state index is 0.340. The van der Waals surface area contributed by atoms with Crippen LogP contribution in [-0.2, 0) is 22.7 Å². The molecular formula is C32H41F12NO4W. The zero-order valence-corrected chi connectivity index (χ0v) is 31.1. The van der Waals surface area contributed by atoms with E-state index in [0.717, 1.165) is 24.5 Å². The molecule has 0 amide bonds. The Balaban J connectivity index is 0.000000741. The molecule has 2 aromatic rings. The third-order valence-corrected chi connectivity index (χ3v) is 9.17. The summed E-state index contributed by atoms with van der Waals surface area (Å²) in [6.07, 6.45) is -20.2. The number of hydrogen-bond donors (Lipinski definition) is 2. The van der Waals surface area contributed by atoms with Crippen molar-refractivity contribution >= 4 is 10.1 Å². The topological polar surface area (TPSA) is 71.3 Å². The first-order valence-corrected chi connectivity index (χ1v) is 17.8. The summed E-state index contributed by atoms with van der Waals surface area (Å²) in [5.41, 5.74) is -4.13. The first-order chi connectivity index (χ1) is 22.5. The van der Waals surface area contributed by atoms with Gasteiger partial charge in [-0.2, -0.15) is 52.7 Å². The molecule has 0 bridgehead atoms. The van der Waals surface area contributed by atoms with Crippen molar-refractivity contribution in [2.75, 3.05) is 20.3 Å². The number of rotatable bonds is 5. The van der Waals surface area contributed by atoms with Crippen LogP contribution in [0, 0.1) is 0 Å². The molecule has 0 radical (unpaired) electrons. The summed E-state index contributed by atoms with van der Waals surface area (Å²) in [7, 11) is 1.72.